The minimum absolute atomic E-state index is 0.403. The molecular formula is C14H10ClNO3. The van der Waals surface area contributed by atoms with E-state index in [0.717, 1.165) is 0 Å². The zero-order valence-electron chi connectivity index (χ0n) is 10.1. The number of carbonyl (C=O) groups is 1. The lowest BCUT2D eigenvalue weighted by molar-refractivity contribution is -0.158. The molecule has 4 nitrogen and oxygen atoms in total. The lowest BCUT2D eigenvalue weighted by Crippen LogP contribution is -2.36. The van der Waals surface area contributed by atoms with Crippen molar-refractivity contribution in [1.29, 1.82) is 0 Å². The van der Waals surface area contributed by atoms with Crippen LogP contribution in [-0.4, -0.2) is 23.2 Å². The number of nitrogens with zero attached hydrogens (tertiary/aromatic N) is 1. The van der Waals surface area contributed by atoms with E-state index in [9.17, 15) is 9.90 Å². The lowest BCUT2D eigenvalue weighted by atomic mass is 9.92. The van der Waals surface area contributed by atoms with Crippen molar-refractivity contribution >= 4 is 17.6 Å². The molecule has 96 valence electrons. The van der Waals surface area contributed by atoms with Gasteiger partial charge in [-0.2, -0.15) is 0 Å². The molecule has 1 atom stereocenters. The number of pyridine rings is 1. The van der Waals surface area contributed by atoms with E-state index in [1.165, 1.54) is 7.11 Å². The maximum absolute atomic E-state index is 12.0. The highest BCUT2D eigenvalue weighted by Gasteiger charge is 2.49. The zero-order valence-corrected chi connectivity index (χ0v) is 10.8. The Kier molecular flexibility index (Phi) is 2.59. The van der Waals surface area contributed by atoms with E-state index in [2.05, 4.69) is 4.98 Å². The molecule has 0 saturated carbocycles. The van der Waals surface area contributed by atoms with Gasteiger partial charge in [0, 0.05) is 27.9 Å². The molecule has 0 saturated heterocycles. The van der Waals surface area contributed by atoms with E-state index in [1.54, 1.807) is 36.5 Å². The van der Waals surface area contributed by atoms with Crippen LogP contribution in [0, 0.1) is 0 Å². The molecule has 1 heterocycles. The third kappa shape index (κ3) is 1.50. The van der Waals surface area contributed by atoms with Crippen LogP contribution in [0.1, 0.15) is 11.1 Å². The number of halogens is 1. The number of carbonyl (C=O) groups excluding carboxylic acids is 1. The summed E-state index contributed by atoms with van der Waals surface area (Å²) in [6, 6.07) is 8.33. The number of rotatable bonds is 1. The second-order valence-corrected chi connectivity index (χ2v) is 4.73. The van der Waals surface area contributed by atoms with Crippen molar-refractivity contribution in [3.8, 4) is 11.3 Å². The van der Waals surface area contributed by atoms with Crippen molar-refractivity contribution in [2.45, 2.75) is 5.60 Å². The first-order valence-electron chi connectivity index (χ1n) is 5.65. The van der Waals surface area contributed by atoms with E-state index < -0.39 is 11.6 Å². The van der Waals surface area contributed by atoms with Crippen LogP contribution in [-0.2, 0) is 15.1 Å². The Bertz CT molecular complexity index is 686. The zero-order chi connectivity index (χ0) is 13.6. The fourth-order valence-corrected chi connectivity index (χ4v) is 2.62. The molecule has 1 aromatic heterocycles. The molecule has 0 amide bonds. The summed E-state index contributed by atoms with van der Waals surface area (Å²) in [5.41, 5.74) is 0.230. The topological polar surface area (TPSA) is 59.4 Å². The summed E-state index contributed by atoms with van der Waals surface area (Å²) in [5.74, 6) is -0.747. The predicted octanol–water partition coefficient (Wildman–Crippen LogP) is 2.12. The average Bonchev–Trinajstić information content (AvgIpc) is 2.69. The molecule has 1 aliphatic carbocycles. The van der Waals surface area contributed by atoms with E-state index in [4.69, 9.17) is 16.3 Å². The molecule has 0 radical (unpaired) electrons. The number of esters is 1. The molecule has 5 heteroatoms. The van der Waals surface area contributed by atoms with E-state index in [0.29, 0.717) is 27.4 Å². The highest BCUT2D eigenvalue weighted by atomic mass is 35.5. The minimum atomic E-state index is -1.85. The summed E-state index contributed by atoms with van der Waals surface area (Å²) in [4.78, 5) is 16.3. The molecule has 1 unspecified atom stereocenters. The SMILES string of the molecule is COC(=O)C1(O)c2cc(Cl)ccc2-c2ncccc21. The summed E-state index contributed by atoms with van der Waals surface area (Å²) in [5, 5.41) is 11.3. The number of fused-ring (bicyclic) bond motifs is 3. The Morgan fingerprint density at radius 3 is 2.89 bits per heavy atom. The van der Waals surface area contributed by atoms with Crippen molar-refractivity contribution in [2.75, 3.05) is 7.11 Å². The fraction of sp³-hybridized carbons (Fsp3) is 0.143. The maximum Gasteiger partial charge on any atom is 0.347 e. The highest BCUT2D eigenvalue weighted by Crippen LogP contribution is 2.47. The molecule has 2 aromatic rings. The Morgan fingerprint density at radius 2 is 2.16 bits per heavy atom. The van der Waals surface area contributed by atoms with E-state index >= 15 is 0 Å². The molecule has 1 aliphatic rings. The Morgan fingerprint density at radius 1 is 1.37 bits per heavy atom. The second kappa shape index (κ2) is 4.05. The quantitative estimate of drug-likeness (QED) is 0.810. The van der Waals surface area contributed by atoms with Crippen molar-refractivity contribution in [2.24, 2.45) is 0 Å². The number of hydrogen-bond acceptors (Lipinski definition) is 4. The van der Waals surface area contributed by atoms with Gasteiger partial charge in [0.15, 0.2) is 0 Å². The van der Waals surface area contributed by atoms with Crippen molar-refractivity contribution in [1.82, 2.24) is 4.98 Å². The molecule has 0 aliphatic heterocycles. The Labute approximate surface area is 114 Å². The number of aliphatic hydroxyl groups is 1. The summed E-state index contributed by atoms with van der Waals surface area (Å²) in [6.07, 6.45) is 1.61. The van der Waals surface area contributed by atoms with Crippen LogP contribution < -0.4 is 0 Å². The monoisotopic (exact) mass is 275 g/mol. The highest BCUT2D eigenvalue weighted by molar-refractivity contribution is 6.30. The number of hydrogen-bond donors (Lipinski definition) is 1. The Hall–Kier alpha value is -1.91. The van der Waals surface area contributed by atoms with E-state index in [-0.39, 0.29) is 0 Å². The predicted molar refractivity (Wildman–Crippen MR) is 69.7 cm³/mol. The van der Waals surface area contributed by atoms with Crippen molar-refractivity contribution in [3.05, 3.63) is 52.7 Å². The largest absolute Gasteiger partial charge is 0.466 e. The van der Waals surface area contributed by atoms with Crippen LogP contribution in [0.5, 0.6) is 0 Å². The first-order valence-corrected chi connectivity index (χ1v) is 6.03. The standard InChI is InChI=1S/C14H10ClNO3/c1-19-13(17)14(18)10-3-2-6-16-12(10)9-5-4-8(15)7-11(9)14/h2-7,18H,1H3. The molecule has 1 aromatic carbocycles. The summed E-state index contributed by atoms with van der Waals surface area (Å²) < 4.78 is 4.73. The first-order chi connectivity index (χ1) is 9.09. The third-order valence-electron chi connectivity index (χ3n) is 3.30. The minimum Gasteiger partial charge on any atom is -0.466 e. The van der Waals surface area contributed by atoms with Gasteiger partial charge in [-0.15, -0.1) is 0 Å². The van der Waals surface area contributed by atoms with E-state index in [1.807, 2.05) is 0 Å². The molecule has 0 fully saturated rings. The summed E-state index contributed by atoms with van der Waals surface area (Å²) in [7, 11) is 1.24. The Balaban J connectivity index is 2.38. The second-order valence-electron chi connectivity index (χ2n) is 4.29. The van der Waals surface area contributed by atoms with Gasteiger partial charge in [0.05, 0.1) is 12.8 Å². The van der Waals surface area contributed by atoms with Gasteiger partial charge in [0.25, 0.3) is 0 Å². The number of methoxy groups -OCH3 is 1. The van der Waals surface area contributed by atoms with Gasteiger partial charge < -0.3 is 9.84 Å². The van der Waals surface area contributed by atoms with Crippen molar-refractivity contribution < 1.29 is 14.6 Å². The van der Waals surface area contributed by atoms with Gasteiger partial charge in [0.1, 0.15) is 0 Å². The first kappa shape index (κ1) is 12.1. The molecule has 1 N–H and O–H groups in total. The summed E-state index contributed by atoms with van der Waals surface area (Å²) in [6.45, 7) is 0. The number of ether oxygens (including phenoxy) is 1. The van der Waals surface area contributed by atoms with Crippen LogP contribution in [0.3, 0.4) is 0 Å². The smallest absolute Gasteiger partial charge is 0.347 e. The van der Waals surface area contributed by atoms with Crippen LogP contribution in [0.2, 0.25) is 5.02 Å². The van der Waals surface area contributed by atoms with Gasteiger partial charge in [-0.3, -0.25) is 4.98 Å². The van der Waals surface area contributed by atoms with Crippen LogP contribution in [0.25, 0.3) is 11.3 Å². The fourth-order valence-electron chi connectivity index (χ4n) is 2.45. The van der Waals surface area contributed by atoms with Gasteiger partial charge in [-0.1, -0.05) is 23.7 Å². The number of aromatic nitrogens is 1. The summed E-state index contributed by atoms with van der Waals surface area (Å²) >= 11 is 5.96. The van der Waals surface area contributed by atoms with Gasteiger partial charge in [-0.05, 0) is 18.2 Å². The third-order valence-corrected chi connectivity index (χ3v) is 3.54. The molecule has 19 heavy (non-hydrogen) atoms. The molecule has 0 spiro atoms. The van der Waals surface area contributed by atoms with Crippen molar-refractivity contribution in [3.63, 3.8) is 0 Å². The number of benzene rings is 1. The van der Waals surface area contributed by atoms with Gasteiger partial charge >= 0.3 is 5.97 Å². The lowest BCUT2D eigenvalue weighted by Gasteiger charge is -2.22. The van der Waals surface area contributed by atoms with Gasteiger partial charge in [-0.25, -0.2) is 4.79 Å². The van der Waals surface area contributed by atoms with Crippen LogP contribution >= 0.6 is 11.6 Å². The van der Waals surface area contributed by atoms with Crippen LogP contribution in [0.4, 0.5) is 0 Å². The molecule has 3 rings (SSSR count). The maximum atomic E-state index is 12.0. The molecular weight excluding hydrogens is 266 g/mol. The normalized spacial score (nSPS) is 19.7. The molecule has 0 bridgehead atoms. The average molecular weight is 276 g/mol. The van der Waals surface area contributed by atoms with Gasteiger partial charge in [0.2, 0.25) is 5.60 Å². The van der Waals surface area contributed by atoms with Crippen LogP contribution in [0.15, 0.2) is 36.5 Å².